The number of ether oxygens (including phenoxy) is 1. The minimum Gasteiger partial charge on any atom is -0.489 e. The number of rotatable bonds is 7. The van der Waals surface area contributed by atoms with Crippen LogP contribution >= 0.6 is 23.2 Å². The Labute approximate surface area is 191 Å². The van der Waals surface area contributed by atoms with E-state index >= 15 is 0 Å². The molecular formula is C24H22Cl2N2O3. The Bertz CT molecular complexity index is 1080. The van der Waals surface area contributed by atoms with E-state index in [4.69, 9.17) is 38.0 Å². The molecule has 1 aliphatic heterocycles. The number of carbonyl (C=O) groups is 1. The standard InChI is InChI=1S/C24H22Cl2N2O3/c1-15(11-24(29)30)28-12-17-7-10-22(27-23(17)13-28)16-5-8-18(9-6-16)31-14-19-20(25)3-2-4-21(19)26/h2-10,15H,11-14H2,1H3,(H,29,30). The average molecular weight is 457 g/mol. The molecule has 3 aromatic rings. The molecule has 31 heavy (non-hydrogen) atoms. The molecule has 2 heterocycles. The van der Waals surface area contributed by atoms with Gasteiger partial charge in [-0.15, -0.1) is 0 Å². The van der Waals surface area contributed by atoms with Gasteiger partial charge in [-0.3, -0.25) is 14.7 Å². The molecule has 1 atom stereocenters. The number of fused-ring (bicyclic) bond motifs is 1. The average Bonchev–Trinajstić information content (AvgIpc) is 3.17. The van der Waals surface area contributed by atoms with Crippen molar-refractivity contribution in [1.82, 2.24) is 9.88 Å². The summed E-state index contributed by atoms with van der Waals surface area (Å²) in [5.74, 6) is -0.0641. The molecule has 1 aliphatic rings. The Morgan fingerprint density at radius 1 is 1.10 bits per heavy atom. The number of aromatic nitrogens is 1. The van der Waals surface area contributed by atoms with Crippen molar-refractivity contribution in [3.05, 3.63) is 81.5 Å². The lowest BCUT2D eigenvalue weighted by molar-refractivity contribution is -0.138. The largest absolute Gasteiger partial charge is 0.489 e. The Morgan fingerprint density at radius 2 is 1.81 bits per heavy atom. The minimum atomic E-state index is -0.781. The Hall–Kier alpha value is -2.60. The van der Waals surface area contributed by atoms with Gasteiger partial charge >= 0.3 is 5.97 Å². The van der Waals surface area contributed by atoms with Crippen molar-refractivity contribution >= 4 is 29.2 Å². The molecule has 0 amide bonds. The van der Waals surface area contributed by atoms with Gasteiger partial charge in [0.2, 0.25) is 0 Å². The van der Waals surface area contributed by atoms with Gasteiger partial charge in [-0.1, -0.05) is 35.3 Å². The number of carboxylic acid groups (broad SMARTS) is 1. The Morgan fingerprint density at radius 3 is 2.48 bits per heavy atom. The third-order valence-corrected chi connectivity index (χ3v) is 6.19. The summed E-state index contributed by atoms with van der Waals surface area (Å²) in [5, 5.41) is 10.2. The van der Waals surface area contributed by atoms with Gasteiger partial charge in [-0.25, -0.2) is 0 Å². The van der Waals surface area contributed by atoms with Gasteiger partial charge in [-0.2, -0.15) is 0 Å². The van der Waals surface area contributed by atoms with Gasteiger partial charge in [-0.05, 0) is 55.0 Å². The molecule has 1 aromatic heterocycles. The van der Waals surface area contributed by atoms with Crippen LogP contribution in [0.3, 0.4) is 0 Å². The van der Waals surface area contributed by atoms with E-state index in [1.807, 2.05) is 37.3 Å². The quantitative estimate of drug-likeness (QED) is 0.485. The van der Waals surface area contributed by atoms with Crippen molar-refractivity contribution in [2.75, 3.05) is 0 Å². The highest BCUT2D eigenvalue weighted by Crippen LogP contribution is 2.29. The van der Waals surface area contributed by atoms with Crippen LogP contribution in [0.15, 0.2) is 54.6 Å². The summed E-state index contributed by atoms with van der Waals surface area (Å²) < 4.78 is 5.85. The Balaban J connectivity index is 1.43. The third-order valence-electron chi connectivity index (χ3n) is 5.48. The van der Waals surface area contributed by atoms with E-state index in [1.54, 1.807) is 18.2 Å². The molecule has 1 N–H and O–H groups in total. The predicted octanol–water partition coefficient (Wildman–Crippen LogP) is 5.81. The number of aliphatic carboxylic acids is 1. The summed E-state index contributed by atoms with van der Waals surface area (Å²) in [5.41, 5.74) is 4.79. The fourth-order valence-electron chi connectivity index (χ4n) is 3.68. The van der Waals surface area contributed by atoms with E-state index in [1.165, 1.54) is 0 Å². The van der Waals surface area contributed by atoms with Crippen molar-refractivity contribution in [3.63, 3.8) is 0 Å². The lowest BCUT2D eigenvalue weighted by atomic mass is 10.1. The highest BCUT2D eigenvalue weighted by molar-refractivity contribution is 6.35. The summed E-state index contributed by atoms with van der Waals surface area (Å²) >= 11 is 12.4. The monoisotopic (exact) mass is 456 g/mol. The number of carboxylic acids is 1. The second-order valence-corrected chi connectivity index (χ2v) is 8.48. The van der Waals surface area contributed by atoms with Crippen molar-refractivity contribution in [3.8, 4) is 17.0 Å². The zero-order valence-corrected chi connectivity index (χ0v) is 18.5. The molecule has 0 spiro atoms. The lowest BCUT2D eigenvalue weighted by Crippen LogP contribution is -2.30. The van der Waals surface area contributed by atoms with Gasteiger partial charge in [0, 0.05) is 40.3 Å². The predicted molar refractivity (Wildman–Crippen MR) is 121 cm³/mol. The number of pyridine rings is 1. The van der Waals surface area contributed by atoms with E-state index in [-0.39, 0.29) is 12.5 Å². The smallest absolute Gasteiger partial charge is 0.304 e. The van der Waals surface area contributed by atoms with Gasteiger partial charge in [0.25, 0.3) is 0 Å². The fraction of sp³-hybridized carbons (Fsp3) is 0.250. The summed E-state index contributed by atoms with van der Waals surface area (Å²) in [6.45, 7) is 3.63. The molecule has 0 saturated heterocycles. The van der Waals surface area contributed by atoms with Crippen LogP contribution in [0.25, 0.3) is 11.3 Å². The number of nitrogens with zero attached hydrogens (tertiary/aromatic N) is 2. The first kappa shape index (κ1) is 21.6. The van der Waals surface area contributed by atoms with Gasteiger partial charge in [0.1, 0.15) is 12.4 Å². The number of hydrogen-bond donors (Lipinski definition) is 1. The minimum absolute atomic E-state index is 0.0294. The van der Waals surface area contributed by atoms with Crippen molar-refractivity contribution in [2.24, 2.45) is 0 Å². The molecule has 0 aliphatic carbocycles. The van der Waals surface area contributed by atoms with Crippen LogP contribution in [-0.2, 0) is 24.5 Å². The zero-order valence-electron chi connectivity index (χ0n) is 17.0. The van der Waals surface area contributed by atoms with Crippen LogP contribution in [0.5, 0.6) is 5.75 Å². The summed E-state index contributed by atoms with van der Waals surface area (Å²) in [4.78, 5) is 18.0. The van der Waals surface area contributed by atoms with Crippen molar-refractivity contribution < 1.29 is 14.6 Å². The maximum absolute atomic E-state index is 11.0. The van der Waals surface area contributed by atoms with Crippen LogP contribution in [0.1, 0.15) is 30.2 Å². The van der Waals surface area contributed by atoms with Gasteiger partial charge in [0.15, 0.2) is 0 Å². The highest BCUT2D eigenvalue weighted by Gasteiger charge is 2.26. The summed E-state index contributed by atoms with van der Waals surface area (Å²) in [7, 11) is 0. The molecule has 0 radical (unpaired) electrons. The van der Waals surface area contributed by atoms with Crippen LogP contribution < -0.4 is 4.74 Å². The maximum Gasteiger partial charge on any atom is 0.304 e. The number of hydrogen-bond acceptors (Lipinski definition) is 4. The molecule has 0 saturated carbocycles. The van der Waals surface area contributed by atoms with Gasteiger partial charge in [0.05, 0.1) is 17.8 Å². The number of halogens is 2. The van der Waals surface area contributed by atoms with Crippen LogP contribution in [0.4, 0.5) is 0 Å². The maximum atomic E-state index is 11.0. The summed E-state index contributed by atoms with van der Waals surface area (Å²) in [6.07, 6.45) is 0.127. The second kappa shape index (κ2) is 9.27. The van der Waals surface area contributed by atoms with E-state index in [0.717, 1.165) is 40.4 Å². The van der Waals surface area contributed by atoms with Gasteiger partial charge < -0.3 is 9.84 Å². The first-order valence-electron chi connectivity index (χ1n) is 10.0. The topological polar surface area (TPSA) is 62.7 Å². The molecule has 160 valence electrons. The molecule has 0 fully saturated rings. The van der Waals surface area contributed by atoms with E-state index in [2.05, 4.69) is 11.0 Å². The SMILES string of the molecule is CC(CC(=O)O)N1Cc2ccc(-c3ccc(OCc4c(Cl)cccc4Cl)cc3)nc2C1. The van der Waals surface area contributed by atoms with Crippen LogP contribution in [-0.4, -0.2) is 27.0 Å². The molecular weight excluding hydrogens is 435 g/mol. The first-order valence-corrected chi connectivity index (χ1v) is 10.8. The van der Waals surface area contributed by atoms with Crippen molar-refractivity contribution in [1.29, 1.82) is 0 Å². The zero-order chi connectivity index (χ0) is 22.0. The molecule has 0 bridgehead atoms. The van der Waals surface area contributed by atoms with E-state index < -0.39 is 5.97 Å². The Kier molecular flexibility index (Phi) is 6.46. The molecule has 1 unspecified atom stereocenters. The fourth-order valence-corrected chi connectivity index (χ4v) is 4.19. The molecule has 5 nitrogen and oxygen atoms in total. The molecule has 2 aromatic carbocycles. The van der Waals surface area contributed by atoms with Crippen LogP contribution in [0.2, 0.25) is 10.0 Å². The molecule has 7 heteroatoms. The lowest BCUT2D eigenvalue weighted by Gasteiger charge is -2.21. The first-order chi connectivity index (χ1) is 14.9. The highest BCUT2D eigenvalue weighted by atomic mass is 35.5. The normalized spacial score (nSPS) is 14.3. The third kappa shape index (κ3) is 5.01. The van der Waals surface area contributed by atoms with Crippen LogP contribution in [0, 0.1) is 0 Å². The molecule has 4 rings (SSSR count). The van der Waals surface area contributed by atoms with Crippen molar-refractivity contribution in [2.45, 2.75) is 39.1 Å². The van der Waals surface area contributed by atoms with E-state index in [9.17, 15) is 4.79 Å². The number of benzene rings is 2. The second-order valence-electron chi connectivity index (χ2n) is 7.67. The summed E-state index contributed by atoms with van der Waals surface area (Å²) in [6, 6.07) is 17.2. The van der Waals surface area contributed by atoms with E-state index in [0.29, 0.717) is 23.2 Å².